The maximum Gasteiger partial charge on any atom is 0.158 e. The molecule has 3 heterocycles. The molecule has 0 bridgehead atoms. The van der Waals surface area contributed by atoms with Crippen molar-refractivity contribution in [1.82, 2.24) is 14.8 Å². The van der Waals surface area contributed by atoms with Crippen molar-refractivity contribution in [2.24, 2.45) is 0 Å². The van der Waals surface area contributed by atoms with E-state index in [0.717, 1.165) is 20.5 Å². The molecule has 110 valence electrons. The number of aromatic nitrogens is 3. The maximum absolute atomic E-state index is 4.55. The molecule has 0 fully saturated rings. The highest BCUT2D eigenvalue weighted by Crippen LogP contribution is 2.29. The van der Waals surface area contributed by atoms with Gasteiger partial charge in [0.05, 0.1) is 27.9 Å². The van der Waals surface area contributed by atoms with Gasteiger partial charge in [0, 0.05) is 16.3 Å². The Bertz CT molecular complexity index is 762. The van der Waals surface area contributed by atoms with E-state index in [-0.39, 0.29) is 6.04 Å². The Hall–Kier alpha value is -1.40. The minimum absolute atomic E-state index is 0.251. The van der Waals surface area contributed by atoms with Crippen LogP contribution < -0.4 is 5.32 Å². The second-order valence-corrected chi connectivity index (χ2v) is 7.82. The third-order valence-corrected chi connectivity index (χ3v) is 5.13. The van der Waals surface area contributed by atoms with Gasteiger partial charge in [-0.25, -0.2) is 9.67 Å². The topological polar surface area (TPSA) is 42.7 Å². The Morgan fingerprint density at radius 1 is 1.24 bits per heavy atom. The number of pyridine rings is 1. The summed E-state index contributed by atoms with van der Waals surface area (Å²) in [6.07, 6.45) is 3.75. The molecule has 0 aromatic carbocycles. The minimum Gasteiger partial charge on any atom is -0.376 e. The minimum atomic E-state index is 0.251. The molecule has 3 aromatic heterocycles. The number of hydrogen-bond donors (Lipinski definition) is 1. The van der Waals surface area contributed by atoms with E-state index in [1.165, 1.54) is 4.88 Å². The van der Waals surface area contributed by atoms with Crippen LogP contribution in [-0.4, -0.2) is 14.8 Å². The summed E-state index contributed by atoms with van der Waals surface area (Å²) in [4.78, 5) is 5.84. The van der Waals surface area contributed by atoms with Crippen molar-refractivity contribution < 1.29 is 0 Å². The van der Waals surface area contributed by atoms with Gasteiger partial charge in [-0.05, 0) is 54.9 Å². The maximum atomic E-state index is 4.55. The smallest absolute Gasteiger partial charge is 0.158 e. The molecule has 3 aromatic rings. The first kappa shape index (κ1) is 14.5. The molecule has 4 nitrogen and oxygen atoms in total. The monoisotopic (exact) mass is 364 g/mol. The fourth-order valence-corrected chi connectivity index (χ4v) is 3.70. The fraction of sp³-hybridized carbons (Fsp3) is 0.333. The molecule has 0 radical (unpaired) electrons. The van der Waals surface area contributed by atoms with Gasteiger partial charge in [-0.3, -0.25) is 0 Å². The van der Waals surface area contributed by atoms with Gasteiger partial charge in [-0.15, -0.1) is 11.3 Å². The van der Waals surface area contributed by atoms with E-state index in [9.17, 15) is 0 Å². The first-order valence-electron chi connectivity index (χ1n) is 6.89. The van der Waals surface area contributed by atoms with Crippen LogP contribution in [0.2, 0.25) is 0 Å². The molecular formula is C15H17BrN4S. The van der Waals surface area contributed by atoms with E-state index in [1.54, 1.807) is 11.3 Å². The third kappa shape index (κ3) is 2.96. The molecule has 0 spiro atoms. The Kier molecular flexibility index (Phi) is 3.99. The second-order valence-electron chi connectivity index (χ2n) is 5.33. The number of fused-ring (bicyclic) bond motifs is 1. The number of thiophene rings is 1. The number of nitrogens with one attached hydrogen (secondary N) is 1. The standard InChI is InChI=1S/C15H17BrN4S/c1-9(2)20-15-11(7-18-20)6-12(8-17-15)19-10(3)13-4-5-14(16)21-13/h4-10,19H,1-3H3. The Morgan fingerprint density at radius 2 is 2.05 bits per heavy atom. The molecule has 1 atom stereocenters. The lowest BCUT2D eigenvalue weighted by molar-refractivity contribution is 0.546. The summed E-state index contributed by atoms with van der Waals surface area (Å²) in [6.45, 7) is 6.37. The van der Waals surface area contributed by atoms with Crippen molar-refractivity contribution in [2.45, 2.75) is 32.9 Å². The van der Waals surface area contributed by atoms with Crippen LogP contribution in [0.15, 0.2) is 34.4 Å². The SMILES string of the molecule is CC(Nc1cnc2c(cnn2C(C)C)c1)c1ccc(Br)s1. The number of rotatable bonds is 4. The number of nitrogens with zero attached hydrogens (tertiary/aromatic N) is 3. The van der Waals surface area contributed by atoms with Crippen molar-refractivity contribution in [1.29, 1.82) is 0 Å². The third-order valence-electron chi connectivity index (χ3n) is 3.33. The van der Waals surface area contributed by atoms with E-state index < -0.39 is 0 Å². The highest BCUT2D eigenvalue weighted by molar-refractivity contribution is 9.11. The first-order chi connectivity index (χ1) is 10.0. The molecule has 0 aliphatic heterocycles. The van der Waals surface area contributed by atoms with Crippen molar-refractivity contribution >= 4 is 44.0 Å². The molecule has 1 N–H and O–H groups in total. The lowest BCUT2D eigenvalue weighted by atomic mass is 10.2. The van der Waals surface area contributed by atoms with Crippen LogP contribution in [0.3, 0.4) is 0 Å². The van der Waals surface area contributed by atoms with Gasteiger partial charge in [0.25, 0.3) is 0 Å². The molecule has 0 saturated carbocycles. The zero-order valence-corrected chi connectivity index (χ0v) is 14.6. The van der Waals surface area contributed by atoms with Gasteiger partial charge >= 0.3 is 0 Å². The molecule has 0 amide bonds. The zero-order chi connectivity index (χ0) is 15.0. The first-order valence-corrected chi connectivity index (χ1v) is 8.50. The largest absolute Gasteiger partial charge is 0.376 e. The summed E-state index contributed by atoms with van der Waals surface area (Å²) in [5, 5.41) is 8.95. The van der Waals surface area contributed by atoms with E-state index in [4.69, 9.17) is 0 Å². The average molecular weight is 365 g/mol. The second kappa shape index (κ2) is 5.77. The van der Waals surface area contributed by atoms with Gasteiger partial charge in [0.1, 0.15) is 0 Å². The van der Waals surface area contributed by atoms with Gasteiger partial charge in [-0.1, -0.05) is 0 Å². The summed E-state index contributed by atoms with van der Waals surface area (Å²) >= 11 is 5.25. The Labute approximate surface area is 136 Å². The Morgan fingerprint density at radius 3 is 2.71 bits per heavy atom. The van der Waals surface area contributed by atoms with Crippen molar-refractivity contribution in [3.8, 4) is 0 Å². The van der Waals surface area contributed by atoms with Crippen molar-refractivity contribution in [2.75, 3.05) is 5.32 Å². The highest BCUT2D eigenvalue weighted by atomic mass is 79.9. The van der Waals surface area contributed by atoms with Crippen LogP contribution in [0.4, 0.5) is 5.69 Å². The predicted octanol–water partition coefficient (Wildman–Crippen LogP) is 5.01. The van der Waals surface area contributed by atoms with E-state index in [0.29, 0.717) is 6.04 Å². The van der Waals surface area contributed by atoms with Crippen LogP contribution in [0, 0.1) is 0 Å². The molecule has 0 saturated heterocycles. The van der Waals surface area contributed by atoms with Crippen LogP contribution in [-0.2, 0) is 0 Å². The molecule has 0 aliphatic rings. The summed E-state index contributed by atoms with van der Waals surface area (Å²) in [6, 6.07) is 6.88. The van der Waals surface area contributed by atoms with Crippen LogP contribution >= 0.6 is 27.3 Å². The predicted molar refractivity (Wildman–Crippen MR) is 92.0 cm³/mol. The normalized spacial score (nSPS) is 13.0. The lowest BCUT2D eigenvalue weighted by Gasteiger charge is -2.13. The van der Waals surface area contributed by atoms with E-state index in [2.05, 4.69) is 70.3 Å². The summed E-state index contributed by atoms with van der Waals surface area (Å²) < 4.78 is 3.09. The number of anilines is 1. The average Bonchev–Trinajstić information content (AvgIpc) is 3.04. The molecule has 3 rings (SSSR count). The summed E-state index contributed by atoms with van der Waals surface area (Å²) in [5.41, 5.74) is 1.95. The summed E-state index contributed by atoms with van der Waals surface area (Å²) in [5.74, 6) is 0. The summed E-state index contributed by atoms with van der Waals surface area (Å²) in [7, 11) is 0. The van der Waals surface area contributed by atoms with Crippen molar-refractivity contribution in [3.63, 3.8) is 0 Å². The lowest BCUT2D eigenvalue weighted by Crippen LogP contribution is -2.06. The van der Waals surface area contributed by atoms with Crippen molar-refractivity contribution in [3.05, 3.63) is 39.3 Å². The van der Waals surface area contributed by atoms with Crippen LogP contribution in [0.5, 0.6) is 0 Å². The highest BCUT2D eigenvalue weighted by Gasteiger charge is 2.11. The van der Waals surface area contributed by atoms with Gasteiger partial charge in [-0.2, -0.15) is 5.10 Å². The van der Waals surface area contributed by atoms with E-state index >= 15 is 0 Å². The zero-order valence-electron chi connectivity index (χ0n) is 12.2. The van der Waals surface area contributed by atoms with Gasteiger partial charge < -0.3 is 5.32 Å². The van der Waals surface area contributed by atoms with Gasteiger partial charge in [0.2, 0.25) is 0 Å². The fourth-order valence-electron chi connectivity index (χ4n) is 2.28. The molecule has 0 aliphatic carbocycles. The molecule has 6 heteroatoms. The Balaban J connectivity index is 1.84. The molecule has 1 unspecified atom stereocenters. The molecular weight excluding hydrogens is 348 g/mol. The number of hydrogen-bond acceptors (Lipinski definition) is 4. The molecule has 21 heavy (non-hydrogen) atoms. The number of halogens is 1. The van der Waals surface area contributed by atoms with Crippen LogP contribution in [0.1, 0.15) is 37.7 Å². The quantitative estimate of drug-likeness (QED) is 0.707. The van der Waals surface area contributed by atoms with Gasteiger partial charge in [0.15, 0.2) is 5.65 Å². The van der Waals surface area contributed by atoms with Crippen LogP contribution in [0.25, 0.3) is 11.0 Å². The van der Waals surface area contributed by atoms with E-state index in [1.807, 2.05) is 17.1 Å².